The average Bonchev–Trinajstić information content (AvgIpc) is 3.47. The van der Waals surface area contributed by atoms with Crippen molar-refractivity contribution in [2.24, 2.45) is 0 Å². The topological polar surface area (TPSA) is 71.4 Å². The van der Waals surface area contributed by atoms with Crippen LogP contribution in [0.25, 0.3) is 0 Å². The number of aromatic nitrogens is 1. The van der Waals surface area contributed by atoms with Crippen molar-refractivity contribution in [1.29, 1.82) is 0 Å². The van der Waals surface area contributed by atoms with Crippen molar-refractivity contribution < 1.29 is 14.4 Å². The van der Waals surface area contributed by atoms with Crippen LogP contribution in [0.3, 0.4) is 0 Å². The third-order valence-electron chi connectivity index (χ3n) is 6.44. The summed E-state index contributed by atoms with van der Waals surface area (Å²) in [4.78, 5) is 41.2. The number of hydrogen-bond acceptors (Lipinski definition) is 4. The molecule has 0 spiro atoms. The summed E-state index contributed by atoms with van der Waals surface area (Å²) in [6.45, 7) is 6.17. The first-order valence-electron chi connectivity index (χ1n) is 11.2. The van der Waals surface area contributed by atoms with Crippen molar-refractivity contribution in [3.63, 3.8) is 0 Å². The van der Waals surface area contributed by atoms with Crippen LogP contribution < -0.4 is 5.32 Å². The summed E-state index contributed by atoms with van der Waals surface area (Å²) in [5.74, 6) is -0.565. The van der Waals surface area contributed by atoms with Gasteiger partial charge >= 0.3 is 6.03 Å². The molecule has 4 rings (SSSR count). The molecule has 0 radical (unpaired) electrons. The van der Waals surface area contributed by atoms with Crippen molar-refractivity contribution in [3.8, 4) is 0 Å². The fraction of sp³-hybridized carbons (Fsp3) is 0.346. The molecule has 1 fully saturated rings. The molecule has 3 aromatic rings. The smallest absolute Gasteiger partial charge is 0.325 e. The van der Waals surface area contributed by atoms with Gasteiger partial charge in [-0.25, -0.2) is 4.79 Å². The van der Waals surface area contributed by atoms with Crippen LogP contribution >= 0.6 is 11.3 Å². The predicted molar refractivity (Wildman–Crippen MR) is 130 cm³/mol. The zero-order chi connectivity index (χ0) is 23.6. The molecule has 1 N–H and O–H groups in total. The van der Waals surface area contributed by atoms with Gasteiger partial charge in [-0.05, 0) is 63.1 Å². The van der Waals surface area contributed by atoms with E-state index in [1.807, 2.05) is 56.3 Å². The third kappa shape index (κ3) is 4.78. The first kappa shape index (κ1) is 23.0. The summed E-state index contributed by atoms with van der Waals surface area (Å²) in [7, 11) is 0. The molecule has 1 atom stereocenters. The van der Waals surface area contributed by atoms with Gasteiger partial charge in [0.1, 0.15) is 5.54 Å². The number of ketones is 1. The van der Waals surface area contributed by atoms with E-state index in [4.69, 9.17) is 0 Å². The van der Waals surface area contributed by atoms with Gasteiger partial charge in [0.2, 0.25) is 0 Å². The third-order valence-corrected chi connectivity index (χ3v) is 7.38. The number of nitrogens with one attached hydrogen (secondary N) is 1. The van der Waals surface area contributed by atoms with Gasteiger partial charge in [0.15, 0.2) is 5.78 Å². The highest BCUT2D eigenvalue weighted by molar-refractivity contribution is 7.09. The molecule has 172 valence electrons. The summed E-state index contributed by atoms with van der Waals surface area (Å²) in [6.07, 6.45) is 2.04. The molecular formula is C26H29N3O3S. The van der Waals surface area contributed by atoms with Crippen LogP contribution in [0.4, 0.5) is 4.79 Å². The quantitative estimate of drug-likeness (QED) is 0.374. The molecular weight excluding hydrogens is 434 g/mol. The first-order chi connectivity index (χ1) is 15.8. The van der Waals surface area contributed by atoms with Gasteiger partial charge in [-0.15, -0.1) is 11.3 Å². The molecule has 1 aromatic carbocycles. The van der Waals surface area contributed by atoms with E-state index in [0.29, 0.717) is 18.4 Å². The number of carbonyl (C=O) groups is 3. The van der Waals surface area contributed by atoms with Crippen molar-refractivity contribution in [1.82, 2.24) is 14.8 Å². The zero-order valence-electron chi connectivity index (χ0n) is 19.3. The summed E-state index contributed by atoms with van der Waals surface area (Å²) in [6, 6.07) is 15.4. The van der Waals surface area contributed by atoms with E-state index in [0.717, 1.165) is 34.8 Å². The van der Waals surface area contributed by atoms with Crippen LogP contribution in [-0.4, -0.2) is 39.3 Å². The van der Waals surface area contributed by atoms with E-state index in [2.05, 4.69) is 21.3 Å². The van der Waals surface area contributed by atoms with Gasteiger partial charge in [0.05, 0.1) is 6.54 Å². The highest BCUT2D eigenvalue weighted by atomic mass is 32.1. The number of benzene rings is 1. The summed E-state index contributed by atoms with van der Waals surface area (Å²) in [5.41, 5.74) is 2.53. The molecule has 7 heteroatoms. The molecule has 3 heterocycles. The van der Waals surface area contributed by atoms with Gasteiger partial charge in [-0.3, -0.25) is 14.5 Å². The molecule has 3 amide bonds. The van der Waals surface area contributed by atoms with Crippen molar-refractivity contribution in [2.45, 2.75) is 52.1 Å². The van der Waals surface area contributed by atoms with Crippen molar-refractivity contribution >= 4 is 29.1 Å². The molecule has 1 aliphatic rings. The molecule has 1 aliphatic heterocycles. The van der Waals surface area contributed by atoms with E-state index in [9.17, 15) is 14.4 Å². The lowest BCUT2D eigenvalue weighted by Crippen LogP contribution is -2.44. The van der Waals surface area contributed by atoms with Gasteiger partial charge in [0, 0.05) is 28.4 Å². The van der Waals surface area contributed by atoms with Gasteiger partial charge in [-0.1, -0.05) is 36.4 Å². The van der Waals surface area contributed by atoms with Crippen LogP contribution in [0.1, 0.15) is 45.5 Å². The number of thiophene rings is 1. The van der Waals surface area contributed by atoms with Crippen molar-refractivity contribution in [2.75, 3.05) is 6.54 Å². The Kier molecular flexibility index (Phi) is 6.51. The monoisotopic (exact) mass is 463 g/mol. The molecule has 6 nitrogen and oxygen atoms in total. The van der Waals surface area contributed by atoms with Crippen LogP contribution in [0.15, 0.2) is 53.9 Å². The van der Waals surface area contributed by atoms with E-state index in [-0.39, 0.29) is 18.2 Å². The second-order valence-electron chi connectivity index (χ2n) is 8.83. The number of Topliss-reactive ketones (excluding diaryl/α,β-unsaturated/α-hetero) is 1. The number of hydrogen-bond donors (Lipinski definition) is 1. The Morgan fingerprint density at radius 3 is 2.52 bits per heavy atom. The number of amides is 3. The van der Waals surface area contributed by atoms with E-state index in [1.54, 1.807) is 18.3 Å². The molecule has 1 saturated heterocycles. The standard InChI is InChI=1S/C26H29N3O3S/c1-18-16-22(19(2)28(18)14-12-21-10-7-15-33-21)23(30)17-29-24(31)26(3,27-25(29)32)13-11-20-8-5-4-6-9-20/h4-10,15-16H,11-14,17H2,1-3H3,(H,27,32)/t26-/m1/s1. The molecule has 0 aliphatic carbocycles. The summed E-state index contributed by atoms with van der Waals surface area (Å²) in [5, 5.41) is 4.87. The minimum absolute atomic E-state index is 0.221. The lowest BCUT2D eigenvalue weighted by Gasteiger charge is -2.21. The Labute approximate surface area is 198 Å². The first-order valence-corrected chi connectivity index (χ1v) is 12.1. The summed E-state index contributed by atoms with van der Waals surface area (Å²) >= 11 is 1.72. The van der Waals surface area contributed by atoms with E-state index >= 15 is 0 Å². The Hall–Kier alpha value is -3.19. The molecule has 0 unspecified atom stereocenters. The minimum atomic E-state index is -1.01. The average molecular weight is 464 g/mol. The maximum atomic E-state index is 13.1. The van der Waals surface area contributed by atoms with Crippen molar-refractivity contribution in [3.05, 3.63) is 81.3 Å². The van der Waals surface area contributed by atoms with Crippen LogP contribution in [0, 0.1) is 13.8 Å². The predicted octanol–water partition coefficient (Wildman–Crippen LogP) is 4.54. The lowest BCUT2D eigenvalue weighted by atomic mass is 9.93. The van der Waals surface area contributed by atoms with Crippen LogP contribution in [0.5, 0.6) is 0 Å². The number of nitrogens with zero attached hydrogens (tertiary/aromatic N) is 2. The number of urea groups is 1. The molecule has 33 heavy (non-hydrogen) atoms. The summed E-state index contributed by atoms with van der Waals surface area (Å²) < 4.78 is 2.13. The largest absolute Gasteiger partial charge is 0.348 e. The minimum Gasteiger partial charge on any atom is -0.348 e. The Balaban J connectivity index is 1.43. The van der Waals surface area contributed by atoms with Gasteiger partial charge in [-0.2, -0.15) is 0 Å². The number of aryl methyl sites for hydroxylation is 3. The fourth-order valence-electron chi connectivity index (χ4n) is 4.43. The van der Waals surface area contributed by atoms with Crippen LogP contribution in [-0.2, 0) is 24.2 Å². The maximum Gasteiger partial charge on any atom is 0.325 e. The Morgan fingerprint density at radius 1 is 1.06 bits per heavy atom. The maximum absolute atomic E-state index is 13.1. The highest BCUT2D eigenvalue weighted by Gasteiger charge is 2.48. The Morgan fingerprint density at radius 2 is 1.82 bits per heavy atom. The number of imide groups is 1. The second-order valence-corrected chi connectivity index (χ2v) is 9.86. The van der Waals surface area contributed by atoms with E-state index < -0.39 is 11.6 Å². The van der Waals surface area contributed by atoms with E-state index in [1.165, 1.54) is 4.88 Å². The number of carbonyl (C=O) groups excluding carboxylic acids is 3. The highest BCUT2D eigenvalue weighted by Crippen LogP contribution is 2.25. The molecule has 0 bridgehead atoms. The van der Waals surface area contributed by atoms with Gasteiger partial charge in [0.25, 0.3) is 5.91 Å². The van der Waals surface area contributed by atoms with Gasteiger partial charge < -0.3 is 9.88 Å². The normalized spacial score (nSPS) is 18.1. The lowest BCUT2D eigenvalue weighted by molar-refractivity contribution is -0.130. The van der Waals surface area contributed by atoms with Crippen LogP contribution in [0.2, 0.25) is 0 Å². The molecule has 2 aromatic heterocycles. The SMILES string of the molecule is Cc1cc(C(=O)CN2C(=O)N[C@](C)(CCc3ccccc3)C2=O)c(C)n1CCc1cccs1. The Bertz CT molecular complexity index is 1170. The number of rotatable bonds is 9. The second kappa shape index (κ2) is 9.35. The zero-order valence-corrected chi connectivity index (χ0v) is 20.1. The molecule has 0 saturated carbocycles. The fourth-order valence-corrected chi connectivity index (χ4v) is 5.13.